The van der Waals surface area contributed by atoms with Gasteiger partial charge in [-0.1, -0.05) is 12.8 Å². The van der Waals surface area contributed by atoms with Gasteiger partial charge in [0.15, 0.2) is 0 Å². The summed E-state index contributed by atoms with van der Waals surface area (Å²) in [5, 5.41) is 2.81. The van der Waals surface area contributed by atoms with Gasteiger partial charge in [0, 0.05) is 32.7 Å². The molecule has 1 N–H and O–H groups in total. The highest BCUT2D eigenvalue weighted by Gasteiger charge is 2.32. The van der Waals surface area contributed by atoms with Gasteiger partial charge < -0.3 is 10.2 Å². The van der Waals surface area contributed by atoms with Crippen LogP contribution >= 0.6 is 0 Å². The van der Waals surface area contributed by atoms with Gasteiger partial charge in [0.05, 0.1) is 5.75 Å². The van der Waals surface area contributed by atoms with Crippen LogP contribution in [0.1, 0.15) is 38.5 Å². The lowest BCUT2D eigenvalue weighted by atomic mass is 9.98. The van der Waals surface area contributed by atoms with Crippen molar-refractivity contribution in [3.05, 3.63) is 0 Å². The second-order valence-electron chi connectivity index (χ2n) is 6.95. The molecule has 0 aromatic heterocycles. The van der Waals surface area contributed by atoms with Gasteiger partial charge in [-0.2, -0.15) is 0 Å². The summed E-state index contributed by atoms with van der Waals surface area (Å²) in [7, 11) is -3.09. The number of hydrogen-bond donors (Lipinski definition) is 1. The number of carbonyl (C=O) groups is 1. The van der Waals surface area contributed by atoms with Crippen LogP contribution in [-0.4, -0.2) is 62.1 Å². The topological polar surface area (TPSA) is 69.7 Å². The van der Waals surface area contributed by atoms with Gasteiger partial charge in [-0.15, -0.1) is 0 Å². The van der Waals surface area contributed by atoms with Gasteiger partial charge >= 0.3 is 6.03 Å². The van der Waals surface area contributed by atoms with Crippen LogP contribution < -0.4 is 5.32 Å². The van der Waals surface area contributed by atoms with Gasteiger partial charge in [-0.05, 0) is 37.5 Å². The molecule has 6 nitrogen and oxygen atoms in total. The van der Waals surface area contributed by atoms with Crippen LogP contribution in [0.5, 0.6) is 0 Å². The highest BCUT2D eigenvalue weighted by molar-refractivity contribution is 7.89. The molecule has 0 bridgehead atoms. The van der Waals surface area contributed by atoms with E-state index in [1.165, 1.54) is 12.8 Å². The Bertz CT molecular complexity index is 494. The lowest BCUT2D eigenvalue weighted by Crippen LogP contribution is -2.43. The van der Waals surface area contributed by atoms with Crippen LogP contribution in [0.15, 0.2) is 0 Å². The van der Waals surface area contributed by atoms with Crippen molar-refractivity contribution >= 4 is 16.1 Å². The lowest BCUT2D eigenvalue weighted by molar-refractivity contribution is 0.190. The standard InChI is InChI=1S/C15H27N3O3S/c19-15-16-7-10-17(15)11-13-5-8-18(9-6-13)22(20,21)12-14-3-1-2-4-14/h13-14H,1-12H2,(H,16,19). The smallest absolute Gasteiger partial charge is 0.317 e. The normalized spacial score (nSPS) is 25.8. The first-order valence-electron chi connectivity index (χ1n) is 8.55. The summed E-state index contributed by atoms with van der Waals surface area (Å²) in [6, 6.07) is 0.0243. The summed E-state index contributed by atoms with van der Waals surface area (Å²) < 4.78 is 26.7. The molecule has 7 heteroatoms. The Morgan fingerprint density at radius 1 is 1.00 bits per heavy atom. The number of sulfonamides is 1. The second kappa shape index (κ2) is 6.74. The molecule has 1 saturated carbocycles. The molecule has 2 aliphatic heterocycles. The molecule has 0 atom stereocenters. The third-order valence-corrected chi connectivity index (χ3v) is 7.36. The van der Waals surface area contributed by atoms with Gasteiger partial charge in [0.1, 0.15) is 0 Å². The van der Waals surface area contributed by atoms with E-state index in [0.717, 1.165) is 45.3 Å². The van der Waals surface area contributed by atoms with Crippen molar-refractivity contribution in [2.45, 2.75) is 38.5 Å². The third-order valence-electron chi connectivity index (χ3n) is 5.31. The Kier molecular flexibility index (Phi) is 4.92. The fraction of sp³-hybridized carbons (Fsp3) is 0.933. The third kappa shape index (κ3) is 3.74. The van der Waals surface area contributed by atoms with E-state index in [9.17, 15) is 13.2 Å². The molecule has 2 heterocycles. The number of carbonyl (C=O) groups excluding carboxylic acids is 1. The van der Waals surface area contributed by atoms with Gasteiger partial charge in [0.2, 0.25) is 10.0 Å². The zero-order valence-electron chi connectivity index (χ0n) is 13.2. The van der Waals surface area contributed by atoms with Crippen molar-refractivity contribution in [3.8, 4) is 0 Å². The molecule has 2 amide bonds. The highest BCUT2D eigenvalue weighted by Crippen LogP contribution is 2.28. The van der Waals surface area contributed by atoms with E-state index in [2.05, 4.69) is 5.32 Å². The minimum Gasteiger partial charge on any atom is -0.336 e. The molecular weight excluding hydrogens is 302 g/mol. The number of piperidine rings is 1. The fourth-order valence-electron chi connectivity index (χ4n) is 3.95. The molecule has 0 unspecified atom stereocenters. The number of urea groups is 1. The minimum absolute atomic E-state index is 0.0243. The van der Waals surface area contributed by atoms with Crippen LogP contribution in [0.2, 0.25) is 0 Å². The number of amides is 2. The molecule has 3 rings (SSSR count). The molecule has 3 aliphatic rings. The molecule has 126 valence electrons. The second-order valence-corrected chi connectivity index (χ2v) is 8.96. The maximum Gasteiger partial charge on any atom is 0.317 e. The summed E-state index contributed by atoms with van der Waals surface area (Å²) in [5.41, 5.74) is 0. The Morgan fingerprint density at radius 2 is 1.68 bits per heavy atom. The van der Waals surface area contributed by atoms with Crippen molar-refractivity contribution < 1.29 is 13.2 Å². The Labute approximate surface area is 133 Å². The predicted molar refractivity (Wildman–Crippen MR) is 85.0 cm³/mol. The molecule has 0 radical (unpaired) electrons. The van der Waals surface area contributed by atoms with Crippen molar-refractivity contribution in [2.75, 3.05) is 38.5 Å². The number of hydrogen-bond acceptors (Lipinski definition) is 3. The summed E-state index contributed by atoms with van der Waals surface area (Å²) in [5.74, 6) is 1.14. The summed E-state index contributed by atoms with van der Waals surface area (Å²) in [6.45, 7) is 3.51. The summed E-state index contributed by atoms with van der Waals surface area (Å²) in [4.78, 5) is 13.4. The fourth-order valence-corrected chi connectivity index (χ4v) is 5.85. The SMILES string of the molecule is O=C1NCCN1CC1CCN(S(=O)(=O)CC2CCCC2)CC1. The number of rotatable bonds is 5. The van der Waals surface area contributed by atoms with E-state index >= 15 is 0 Å². The number of nitrogens with one attached hydrogen (secondary N) is 1. The van der Waals surface area contributed by atoms with E-state index in [0.29, 0.717) is 30.7 Å². The van der Waals surface area contributed by atoms with Gasteiger partial charge in [-0.3, -0.25) is 0 Å². The monoisotopic (exact) mass is 329 g/mol. The lowest BCUT2D eigenvalue weighted by Gasteiger charge is -2.33. The first-order chi connectivity index (χ1) is 10.5. The molecule has 0 aromatic carbocycles. The molecule has 22 heavy (non-hydrogen) atoms. The van der Waals surface area contributed by atoms with Crippen molar-refractivity contribution in [1.82, 2.24) is 14.5 Å². The van der Waals surface area contributed by atoms with E-state index in [-0.39, 0.29) is 6.03 Å². The van der Waals surface area contributed by atoms with Crippen molar-refractivity contribution in [1.29, 1.82) is 0 Å². The van der Waals surface area contributed by atoms with Crippen LogP contribution in [0.25, 0.3) is 0 Å². The average molecular weight is 329 g/mol. The van der Waals surface area contributed by atoms with Crippen LogP contribution in [0, 0.1) is 11.8 Å². The molecule has 0 spiro atoms. The molecule has 0 aromatic rings. The zero-order chi connectivity index (χ0) is 15.6. The summed E-state index contributed by atoms with van der Waals surface area (Å²) in [6.07, 6.45) is 6.24. The minimum atomic E-state index is -3.09. The van der Waals surface area contributed by atoms with Crippen LogP contribution in [-0.2, 0) is 10.0 Å². The molecule has 1 aliphatic carbocycles. The first kappa shape index (κ1) is 16.1. The molecule has 2 saturated heterocycles. The maximum atomic E-state index is 12.5. The maximum absolute atomic E-state index is 12.5. The first-order valence-corrected chi connectivity index (χ1v) is 10.2. The molecular formula is C15H27N3O3S. The Hall–Kier alpha value is -0.820. The predicted octanol–water partition coefficient (Wildman–Crippen LogP) is 1.24. The van der Waals surface area contributed by atoms with Crippen molar-refractivity contribution in [3.63, 3.8) is 0 Å². The average Bonchev–Trinajstić information content (AvgIpc) is 3.12. The van der Waals surface area contributed by atoms with Crippen molar-refractivity contribution in [2.24, 2.45) is 11.8 Å². The Morgan fingerprint density at radius 3 is 2.27 bits per heavy atom. The van der Waals surface area contributed by atoms with Crippen LogP contribution in [0.3, 0.4) is 0 Å². The summed E-state index contributed by atoms with van der Waals surface area (Å²) >= 11 is 0. The van der Waals surface area contributed by atoms with E-state index in [1.807, 2.05) is 4.90 Å². The zero-order valence-corrected chi connectivity index (χ0v) is 14.0. The van der Waals surface area contributed by atoms with Gasteiger partial charge in [-0.25, -0.2) is 17.5 Å². The van der Waals surface area contributed by atoms with E-state index < -0.39 is 10.0 Å². The van der Waals surface area contributed by atoms with E-state index in [1.54, 1.807) is 4.31 Å². The Balaban J connectivity index is 1.47. The molecule has 3 fully saturated rings. The van der Waals surface area contributed by atoms with E-state index in [4.69, 9.17) is 0 Å². The largest absolute Gasteiger partial charge is 0.336 e. The van der Waals surface area contributed by atoms with Crippen LogP contribution in [0.4, 0.5) is 4.79 Å². The van der Waals surface area contributed by atoms with Gasteiger partial charge in [0.25, 0.3) is 0 Å². The highest BCUT2D eigenvalue weighted by atomic mass is 32.2. The number of nitrogens with zero attached hydrogens (tertiary/aromatic N) is 2. The quantitative estimate of drug-likeness (QED) is 0.825.